The second-order valence-electron chi connectivity index (χ2n) is 11.3. The van der Waals surface area contributed by atoms with Crippen LogP contribution in [0.3, 0.4) is 0 Å². The topological polar surface area (TPSA) is 164 Å². The molecule has 1 aliphatic heterocycles. The molecule has 4 aromatic rings. The maximum Gasteiger partial charge on any atom is 0.414 e. The van der Waals surface area contributed by atoms with Crippen LogP contribution in [0.15, 0.2) is 76.2 Å². The van der Waals surface area contributed by atoms with E-state index in [2.05, 4.69) is 20.0 Å². The SMILES string of the molecule is COc1ccccc1Oc1c(NS(=O)(=O)c2ccc(C(C)(C)C)cc2)nc(N2CCOCC2)nc1OCCOC(=O)Nc1ccco1. The number of carbonyl (C=O) groups is 1. The van der Waals surface area contributed by atoms with Gasteiger partial charge in [-0.2, -0.15) is 9.97 Å². The van der Waals surface area contributed by atoms with Gasteiger partial charge in [0.05, 0.1) is 31.5 Å². The number of para-hydroxylation sites is 2. The molecule has 0 spiro atoms. The predicted molar refractivity (Wildman–Crippen MR) is 173 cm³/mol. The minimum absolute atomic E-state index is 0.0266. The number of carbonyl (C=O) groups excluding carboxylic acids is 1. The van der Waals surface area contributed by atoms with E-state index in [0.29, 0.717) is 32.1 Å². The van der Waals surface area contributed by atoms with Crippen molar-refractivity contribution in [3.8, 4) is 23.1 Å². The van der Waals surface area contributed by atoms with Crippen LogP contribution in [0.4, 0.5) is 22.4 Å². The lowest BCUT2D eigenvalue weighted by molar-refractivity contribution is 0.121. The molecule has 250 valence electrons. The summed E-state index contributed by atoms with van der Waals surface area (Å²) in [5.41, 5.74) is 0.810. The fourth-order valence-electron chi connectivity index (χ4n) is 4.47. The Labute approximate surface area is 273 Å². The summed E-state index contributed by atoms with van der Waals surface area (Å²) in [5.74, 6) is 0.655. The van der Waals surface area contributed by atoms with Crippen LogP contribution in [0, 0.1) is 0 Å². The molecule has 0 saturated carbocycles. The number of benzene rings is 2. The molecule has 1 fully saturated rings. The van der Waals surface area contributed by atoms with Crippen molar-refractivity contribution in [1.82, 2.24) is 9.97 Å². The maximum atomic E-state index is 13.8. The van der Waals surface area contributed by atoms with E-state index < -0.39 is 16.1 Å². The van der Waals surface area contributed by atoms with E-state index in [1.54, 1.807) is 48.5 Å². The molecule has 0 bridgehead atoms. The molecule has 15 heteroatoms. The number of hydrogen-bond acceptors (Lipinski definition) is 12. The van der Waals surface area contributed by atoms with Gasteiger partial charge >= 0.3 is 6.09 Å². The summed E-state index contributed by atoms with van der Waals surface area (Å²) >= 11 is 0. The van der Waals surface area contributed by atoms with Crippen molar-refractivity contribution in [3.05, 3.63) is 72.5 Å². The van der Waals surface area contributed by atoms with Crippen molar-refractivity contribution in [2.45, 2.75) is 31.1 Å². The number of anilines is 3. The summed E-state index contributed by atoms with van der Waals surface area (Å²) in [4.78, 5) is 23.2. The molecule has 3 heterocycles. The first-order chi connectivity index (χ1) is 22.5. The molecule has 47 heavy (non-hydrogen) atoms. The summed E-state index contributed by atoms with van der Waals surface area (Å²) in [5, 5.41) is 2.45. The number of sulfonamides is 1. The Balaban J connectivity index is 1.49. The lowest BCUT2D eigenvalue weighted by Gasteiger charge is -2.28. The maximum absolute atomic E-state index is 13.8. The molecule has 0 aliphatic carbocycles. The Morgan fingerprint density at radius 2 is 1.68 bits per heavy atom. The largest absolute Gasteiger partial charge is 0.493 e. The number of methoxy groups -OCH3 is 1. The summed E-state index contributed by atoms with van der Waals surface area (Å²) < 4.78 is 63.5. The van der Waals surface area contributed by atoms with E-state index in [1.165, 1.54) is 25.5 Å². The standard InChI is InChI=1S/C32H37N5O9S/c1-32(2,3)22-11-13-23(14-12-22)47(39,40)36-28-27(46-25-9-6-5-8-24(25)41-4)29(35-30(34-28)37-15-18-42-19-16-37)44-20-21-45-31(38)33-26-10-7-17-43-26/h5-14,17H,15-16,18-21H2,1-4H3,(H,33,38)(H,34,35,36). The van der Waals surface area contributed by atoms with Crippen LogP contribution in [0.1, 0.15) is 26.3 Å². The minimum atomic E-state index is -4.17. The van der Waals surface area contributed by atoms with Crippen LogP contribution in [0.5, 0.6) is 23.1 Å². The molecule has 0 atom stereocenters. The Morgan fingerprint density at radius 1 is 0.957 bits per heavy atom. The molecular formula is C32H37N5O9S. The fourth-order valence-corrected chi connectivity index (χ4v) is 5.48. The summed E-state index contributed by atoms with van der Waals surface area (Å²) in [6.45, 7) is 7.57. The molecule has 5 rings (SSSR count). The van der Waals surface area contributed by atoms with Crippen LogP contribution in [-0.4, -0.2) is 71.1 Å². The van der Waals surface area contributed by atoms with Crippen LogP contribution < -0.4 is 29.1 Å². The molecule has 2 N–H and O–H groups in total. The summed E-state index contributed by atoms with van der Waals surface area (Å²) in [7, 11) is -2.69. The molecule has 1 saturated heterocycles. The average Bonchev–Trinajstić information content (AvgIpc) is 3.57. The molecule has 14 nitrogen and oxygen atoms in total. The van der Waals surface area contributed by atoms with Gasteiger partial charge in [-0.15, -0.1) is 0 Å². The molecular weight excluding hydrogens is 630 g/mol. The van der Waals surface area contributed by atoms with Crippen molar-refractivity contribution >= 4 is 33.8 Å². The van der Waals surface area contributed by atoms with E-state index >= 15 is 0 Å². The Morgan fingerprint density at radius 3 is 2.34 bits per heavy atom. The van der Waals surface area contributed by atoms with Crippen LogP contribution in [-0.2, 0) is 24.9 Å². The lowest BCUT2D eigenvalue weighted by atomic mass is 9.87. The van der Waals surface area contributed by atoms with Gasteiger partial charge in [-0.05, 0) is 41.3 Å². The van der Waals surface area contributed by atoms with Crippen molar-refractivity contribution in [2.24, 2.45) is 0 Å². The van der Waals surface area contributed by atoms with E-state index in [-0.39, 0.29) is 58.6 Å². The van der Waals surface area contributed by atoms with Gasteiger partial charge in [-0.1, -0.05) is 45.0 Å². The quantitative estimate of drug-likeness (QED) is 0.184. The highest BCUT2D eigenvalue weighted by Crippen LogP contribution is 2.41. The zero-order valence-corrected chi connectivity index (χ0v) is 27.3. The van der Waals surface area contributed by atoms with Crippen LogP contribution in [0.2, 0.25) is 0 Å². The second-order valence-corrected chi connectivity index (χ2v) is 13.0. The van der Waals surface area contributed by atoms with Crippen LogP contribution >= 0.6 is 0 Å². The second kappa shape index (κ2) is 14.6. The smallest absolute Gasteiger partial charge is 0.414 e. The van der Waals surface area contributed by atoms with E-state index in [4.69, 9.17) is 28.1 Å². The van der Waals surface area contributed by atoms with Gasteiger partial charge in [0.15, 0.2) is 17.3 Å². The molecule has 1 amide bonds. The number of hydrogen-bond donors (Lipinski definition) is 2. The molecule has 2 aromatic carbocycles. The highest BCUT2D eigenvalue weighted by atomic mass is 32.2. The van der Waals surface area contributed by atoms with Gasteiger partial charge in [-0.3, -0.25) is 10.0 Å². The monoisotopic (exact) mass is 667 g/mol. The van der Waals surface area contributed by atoms with Crippen molar-refractivity contribution < 1.29 is 41.3 Å². The highest BCUT2D eigenvalue weighted by molar-refractivity contribution is 7.92. The Hall–Kier alpha value is -5.02. The van der Waals surface area contributed by atoms with Crippen molar-refractivity contribution in [3.63, 3.8) is 0 Å². The first-order valence-corrected chi connectivity index (χ1v) is 16.3. The molecule has 0 radical (unpaired) electrons. The zero-order chi connectivity index (χ0) is 33.4. The number of rotatable bonds is 12. The van der Waals surface area contributed by atoms with Crippen LogP contribution in [0.25, 0.3) is 0 Å². The van der Waals surface area contributed by atoms with E-state index in [0.717, 1.165) is 5.56 Å². The third-order valence-corrected chi connectivity index (χ3v) is 8.32. The first-order valence-electron chi connectivity index (χ1n) is 14.8. The Kier molecular flexibility index (Phi) is 10.4. The molecule has 0 unspecified atom stereocenters. The van der Waals surface area contributed by atoms with Gasteiger partial charge in [0, 0.05) is 19.2 Å². The van der Waals surface area contributed by atoms with Gasteiger partial charge in [0.1, 0.15) is 13.2 Å². The van der Waals surface area contributed by atoms with E-state index in [9.17, 15) is 13.2 Å². The Bertz CT molecular complexity index is 1750. The number of nitrogens with zero attached hydrogens (tertiary/aromatic N) is 3. The molecule has 2 aromatic heterocycles. The summed E-state index contributed by atoms with van der Waals surface area (Å²) in [6, 6.07) is 16.6. The predicted octanol–water partition coefficient (Wildman–Crippen LogP) is 5.43. The number of amides is 1. The normalized spacial score (nSPS) is 13.5. The first kappa shape index (κ1) is 33.3. The zero-order valence-electron chi connectivity index (χ0n) is 26.5. The average molecular weight is 668 g/mol. The number of morpholine rings is 1. The van der Waals surface area contributed by atoms with Gasteiger partial charge < -0.3 is 33.0 Å². The third-order valence-electron chi connectivity index (χ3n) is 6.96. The minimum Gasteiger partial charge on any atom is -0.493 e. The number of furan rings is 1. The highest BCUT2D eigenvalue weighted by Gasteiger charge is 2.27. The van der Waals surface area contributed by atoms with Gasteiger partial charge in [0.2, 0.25) is 17.6 Å². The van der Waals surface area contributed by atoms with Gasteiger partial charge in [-0.25, -0.2) is 13.2 Å². The molecule has 1 aliphatic rings. The lowest BCUT2D eigenvalue weighted by Crippen LogP contribution is -2.37. The third kappa shape index (κ3) is 8.62. The van der Waals surface area contributed by atoms with Crippen molar-refractivity contribution in [1.29, 1.82) is 0 Å². The summed E-state index contributed by atoms with van der Waals surface area (Å²) in [6.07, 6.45) is 0.660. The van der Waals surface area contributed by atoms with Crippen molar-refractivity contribution in [2.75, 3.05) is 61.6 Å². The van der Waals surface area contributed by atoms with Gasteiger partial charge in [0.25, 0.3) is 15.9 Å². The number of aromatic nitrogens is 2. The fraction of sp³-hybridized carbons (Fsp3) is 0.344. The number of ether oxygens (including phenoxy) is 5. The number of nitrogens with one attached hydrogen (secondary N) is 2. The van der Waals surface area contributed by atoms with E-state index in [1.807, 2.05) is 25.7 Å².